The van der Waals surface area contributed by atoms with Crippen LogP contribution in [-0.4, -0.2) is 51.1 Å². The molecule has 8 nitrogen and oxygen atoms in total. The van der Waals surface area contributed by atoms with Crippen molar-refractivity contribution in [3.8, 4) is 0 Å². The van der Waals surface area contributed by atoms with Gasteiger partial charge in [-0.2, -0.15) is 0 Å². The maximum atomic E-state index is 13.3. The summed E-state index contributed by atoms with van der Waals surface area (Å²) in [6.07, 6.45) is 0.639. The lowest BCUT2D eigenvalue weighted by Gasteiger charge is -2.31. The molecular weight excluding hydrogens is 462 g/mol. The smallest absolute Gasteiger partial charge is 0.409 e. The highest BCUT2D eigenvalue weighted by Crippen LogP contribution is 2.30. The van der Waals surface area contributed by atoms with Crippen molar-refractivity contribution in [1.29, 1.82) is 0 Å². The Morgan fingerprint density at radius 2 is 1.79 bits per heavy atom. The van der Waals surface area contributed by atoms with Gasteiger partial charge in [0.15, 0.2) is 0 Å². The highest BCUT2D eigenvalue weighted by Gasteiger charge is 2.28. The summed E-state index contributed by atoms with van der Waals surface area (Å²) < 4.78 is 34.3. The highest BCUT2D eigenvalue weighted by atomic mass is 32.2. The minimum atomic E-state index is -3.82. The van der Waals surface area contributed by atoms with Crippen LogP contribution >= 0.6 is 11.3 Å². The third-order valence-corrected chi connectivity index (χ3v) is 7.95. The van der Waals surface area contributed by atoms with Gasteiger partial charge in [0, 0.05) is 35.6 Å². The fourth-order valence-corrected chi connectivity index (χ4v) is 6.04. The highest BCUT2D eigenvalue weighted by molar-refractivity contribution is 7.89. The molecule has 1 saturated heterocycles. The van der Waals surface area contributed by atoms with E-state index >= 15 is 0 Å². The lowest BCUT2D eigenvalue weighted by atomic mass is 10.1. The molecule has 1 fully saturated rings. The molecule has 1 aromatic heterocycles. The predicted molar refractivity (Wildman–Crippen MR) is 128 cm³/mol. The van der Waals surface area contributed by atoms with Crippen LogP contribution in [0.15, 0.2) is 58.8 Å². The second-order valence-electron chi connectivity index (χ2n) is 7.67. The molecule has 0 unspecified atom stereocenters. The summed E-state index contributed by atoms with van der Waals surface area (Å²) in [6, 6.07) is 13.5. The van der Waals surface area contributed by atoms with Crippen LogP contribution in [0.25, 0.3) is 10.8 Å². The summed E-state index contributed by atoms with van der Waals surface area (Å²) in [5, 5.41) is 5.87. The molecule has 4 rings (SSSR count). The zero-order chi connectivity index (χ0) is 23.4. The van der Waals surface area contributed by atoms with E-state index in [-0.39, 0.29) is 22.9 Å². The minimum absolute atomic E-state index is 0.153. The molecule has 3 aromatic rings. The second-order valence-corrected chi connectivity index (χ2v) is 10.3. The summed E-state index contributed by atoms with van der Waals surface area (Å²) in [6.45, 7) is 2.92. The monoisotopic (exact) mass is 487 g/mol. The van der Waals surface area contributed by atoms with Crippen LogP contribution in [0.5, 0.6) is 0 Å². The SMILES string of the molecule is CCOC(=O)N1CCC(NS(=O)(=O)c2cccc3c(NC(=O)c4cccs4)cccc23)CC1. The Kier molecular flexibility index (Phi) is 6.96. The first-order valence-corrected chi connectivity index (χ1v) is 13.1. The molecule has 1 aliphatic heterocycles. The number of benzene rings is 2. The van der Waals surface area contributed by atoms with Crippen molar-refractivity contribution in [2.75, 3.05) is 25.0 Å². The topological polar surface area (TPSA) is 105 Å². The number of thiophene rings is 1. The van der Waals surface area contributed by atoms with Gasteiger partial charge in [-0.15, -0.1) is 11.3 Å². The molecule has 2 N–H and O–H groups in total. The number of nitrogens with one attached hydrogen (secondary N) is 2. The predicted octanol–water partition coefficient (Wildman–Crippen LogP) is 4.05. The molecule has 33 heavy (non-hydrogen) atoms. The van der Waals surface area contributed by atoms with E-state index in [1.54, 1.807) is 60.4 Å². The number of piperidine rings is 1. The van der Waals surface area contributed by atoms with Crippen LogP contribution in [0.3, 0.4) is 0 Å². The molecule has 0 radical (unpaired) electrons. The van der Waals surface area contributed by atoms with E-state index in [1.807, 2.05) is 5.38 Å². The molecule has 1 aliphatic rings. The van der Waals surface area contributed by atoms with Crippen molar-refractivity contribution in [2.45, 2.75) is 30.7 Å². The Labute approximate surface area is 196 Å². The molecule has 0 bridgehead atoms. The van der Waals surface area contributed by atoms with E-state index in [4.69, 9.17) is 4.74 Å². The standard InChI is InChI=1S/C23H25N3O5S2/c1-2-31-23(28)26-13-11-16(12-14-26)25-33(29,30)21-10-4-6-17-18(21)7-3-8-19(17)24-22(27)20-9-5-15-32-20/h3-10,15-16,25H,2,11-14H2,1H3,(H,24,27). The van der Waals surface area contributed by atoms with E-state index in [2.05, 4.69) is 10.0 Å². The summed E-state index contributed by atoms with van der Waals surface area (Å²) in [4.78, 5) is 26.7. The van der Waals surface area contributed by atoms with E-state index in [1.165, 1.54) is 11.3 Å². The van der Waals surface area contributed by atoms with Crippen molar-refractivity contribution in [3.05, 3.63) is 58.8 Å². The third-order valence-electron chi connectivity index (χ3n) is 5.51. The summed E-state index contributed by atoms with van der Waals surface area (Å²) >= 11 is 1.34. The van der Waals surface area contributed by atoms with Gasteiger partial charge in [0.05, 0.1) is 16.4 Å². The van der Waals surface area contributed by atoms with Gasteiger partial charge in [0.1, 0.15) is 0 Å². The Balaban J connectivity index is 1.53. The van der Waals surface area contributed by atoms with Crippen molar-refractivity contribution < 1.29 is 22.7 Å². The maximum absolute atomic E-state index is 13.3. The quantitative estimate of drug-likeness (QED) is 0.546. The number of hydrogen-bond acceptors (Lipinski definition) is 6. The normalized spacial score (nSPS) is 14.9. The molecule has 2 amide bonds. The van der Waals surface area contributed by atoms with E-state index in [0.717, 1.165) is 0 Å². The summed E-state index contributed by atoms with van der Waals surface area (Å²) in [5.74, 6) is -0.239. The van der Waals surface area contributed by atoms with E-state index < -0.39 is 10.0 Å². The maximum Gasteiger partial charge on any atom is 0.409 e. The number of hydrogen-bond donors (Lipinski definition) is 2. The van der Waals surface area contributed by atoms with Crippen molar-refractivity contribution in [2.24, 2.45) is 0 Å². The van der Waals surface area contributed by atoms with Crippen LogP contribution in [0.1, 0.15) is 29.4 Å². The Morgan fingerprint density at radius 1 is 1.06 bits per heavy atom. The number of sulfonamides is 1. The minimum Gasteiger partial charge on any atom is -0.450 e. The van der Waals surface area contributed by atoms with Gasteiger partial charge in [0.25, 0.3) is 5.91 Å². The van der Waals surface area contributed by atoms with Gasteiger partial charge < -0.3 is 15.0 Å². The van der Waals surface area contributed by atoms with E-state index in [9.17, 15) is 18.0 Å². The molecular formula is C23H25N3O5S2. The first-order chi connectivity index (χ1) is 15.9. The molecule has 10 heteroatoms. The molecule has 0 atom stereocenters. The Bertz CT molecular complexity index is 1250. The van der Waals surface area contributed by atoms with Gasteiger partial charge in [-0.05, 0) is 43.3 Å². The van der Waals surface area contributed by atoms with Crippen LogP contribution in [0.4, 0.5) is 10.5 Å². The first-order valence-electron chi connectivity index (χ1n) is 10.7. The van der Waals surface area contributed by atoms with Crippen molar-refractivity contribution in [1.82, 2.24) is 9.62 Å². The zero-order valence-corrected chi connectivity index (χ0v) is 19.7. The number of anilines is 1. The zero-order valence-electron chi connectivity index (χ0n) is 18.1. The number of carbonyl (C=O) groups excluding carboxylic acids is 2. The largest absolute Gasteiger partial charge is 0.450 e. The molecule has 0 aliphatic carbocycles. The number of carbonyl (C=O) groups is 2. The number of rotatable bonds is 6. The summed E-state index contributed by atoms with van der Waals surface area (Å²) in [5.41, 5.74) is 0.547. The fourth-order valence-electron chi connectivity index (χ4n) is 3.89. The number of amides is 2. The molecule has 2 heterocycles. The number of ether oxygens (including phenoxy) is 1. The van der Waals surface area contributed by atoms with Gasteiger partial charge in [0.2, 0.25) is 10.0 Å². The second kappa shape index (κ2) is 9.90. The first kappa shape index (κ1) is 23.2. The Hall–Kier alpha value is -2.95. The van der Waals surface area contributed by atoms with Crippen LogP contribution in [0.2, 0.25) is 0 Å². The lowest BCUT2D eigenvalue weighted by molar-refractivity contribution is 0.0965. The van der Waals surface area contributed by atoms with Crippen LogP contribution in [-0.2, 0) is 14.8 Å². The van der Waals surface area contributed by atoms with Gasteiger partial charge in [-0.3, -0.25) is 4.79 Å². The van der Waals surface area contributed by atoms with Gasteiger partial charge in [-0.25, -0.2) is 17.9 Å². The fraction of sp³-hybridized carbons (Fsp3) is 0.304. The Morgan fingerprint density at radius 3 is 2.48 bits per heavy atom. The molecule has 0 saturated carbocycles. The van der Waals surface area contributed by atoms with E-state index in [0.29, 0.717) is 53.9 Å². The van der Waals surface area contributed by atoms with Crippen molar-refractivity contribution in [3.63, 3.8) is 0 Å². The van der Waals surface area contributed by atoms with Crippen molar-refractivity contribution >= 4 is 49.8 Å². The summed E-state index contributed by atoms with van der Waals surface area (Å²) in [7, 11) is -3.82. The molecule has 0 spiro atoms. The average molecular weight is 488 g/mol. The molecule has 174 valence electrons. The average Bonchev–Trinajstić information content (AvgIpc) is 3.34. The number of likely N-dealkylation sites (tertiary alicyclic amines) is 1. The van der Waals surface area contributed by atoms with Gasteiger partial charge >= 0.3 is 6.09 Å². The third kappa shape index (κ3) is 5.18. The van der Waals surface area contributed by atoms with Gasteiger partial charge in [-0.1, -0.05) is 30.3 Å². The van der Waals surface area contributed by atoms with Crippen LogP contribution in [0, 0.1) is 0 Å². The number of nitrogens with zero attached hydrogens (tertiary/aromatic N) is 1. The lowest BCUT2D eigenvalue weighted by Crippen LogP contribution is -2.46. The molecule has 2 aromatic carbocycles. The number of fused-ring (bicyclic) bond motifs is 1. The van der Waals surface area contributed by atoms with Crippen LogP contribution < -0.4 is 10.0 Å².